The van der Waals surface area contributed by atoms with E-state index in [-0.39, 0.29) is 22.5 Å². The molecule has 0 radical (unpaired) electrons. The maximum absolute atomic E-state index is 12.1. The number of nitrogens with zero attached hydrogens (tertiary/aromatic N) is 1. The number of pyridine rings is 1. The van der Waals surface area contributed by atoms with Crippen LogP contribution in [0.4, 0.5) is 5.69 Å². The van der Waals surface area contributed by atoms with Gasteiger partial charge in [0.15, 0.2) is 0 Å². The minimum atomic E-state index is -3.58. The van der Waals surface area contributed by atoms with Crippen LogP contribution in [-0.4, -0.2) is 19.4 Å². The van der Waals surface area contributed by atoms with Crippen LogP contribution in [0, 0.1) is 5.92 Å². The van der Waals surface area contributed by atoms with Crippen molar-refractivity contribution in [3.8, 4) is 0 Å². The van der Waals surface area contributed by atoms with E-state index >= 15 is 0 Å². The van der Waals surface area contributed by atoms with Crippen LogP contribution in [0.1, 0.15) is 27.2 Å². The summed E-state index contributed by atoms with van der Waals surface area (Å²) in [7, 11) is -3.58. The third kappa shape index (κ3) is 3.41. The molecule has 2 unspecified atom stereocenters. The van der Waals surface area contributed by atoms with Crippen LogP contribution in [-0.2, 0) is 10.0 Å². The van der Waals surface area contributed by atoms with Gasteiger partial charge in [-0.3, -0.25) is 4.98 Å². The van der Waals surface area contributed by atoms with Gasteiger partial charge >= 0.3 is 0 Å². The first-order valence-corrected chi connectivity index (χ1v) is 7.08. The average molecular weight is 257 g/mol. The Morgan fingerprint density at radius 1 is 1.47 bits per heavy atom. The Balaban J connectivity index is 2.94. The molecule has 0 fully saturated rings. The van der Waals surface area contributed by atoms with Crippen LogP contribution in [0.25, 0.3) is 0 Å². The lowest BCUT2D eigenvalue weighted by Crippen LogP contribution is -2.37. The first-order valence-electron chi connectivity index (χ1n) is 5.60. The predicted molar refractivity (Wildman–Crippen MR) is 67.9 cm³/mol. The van der Waals surface area contributed by atoms with Crippen LogP contribution in [0.2, 0.25) is 0 Å². The number of nitrogens with one attached hydrogen (secondary N) is 1. The van der Waals surface area contributed by atoms with Crippen molar-refractivity contribution in [1.29, 1.82) is 0 Å². The molecule has 1 rings (SSSR count). The molecule has 5 nitrogen and oxygen atoms in total. The van der Waals surface area contributed by atoms with E-state index in [0.717, 1.165) is 6.42 Å². The highest BCUT2D eigenvalue weighted by atomic mass is 32.2. The molecular weight excluding hydrogens is 238 g/mol. The standard InChI is InChI=1S/C11H19N3O2S/c1-4-8(2)9(3)14-17(15,16)11-7-13-6-5-10(11)12/h5-9,14H,4H2,1-3H3,(H2,12,13). The van der Waals surface area contributed by atoms with E-state index in [9.17, 15) is 8.42 Å². The zero-order chi connectivity index (χ0) is 13.1. The number of nitrogens with two attached hydrogens (primary N) is 1. The molecule has 2 atom stereocenters. The zero-order valence-corrected chi connectivity index (χ0v) is 11.2. The fourth-order valence-electron chi connectivity index (χ4n) is 1.39. The van der Waals surface area contributed by atoms with Crippen LogP contribution in [0.15, 0.2) is 23.4 Å². The van der Waals surface area contributed by atoms with Gasteiger partial charge in [-0.2, -0.15) is 0 Å². The first-order chi connectivity index (χ1) is 7.88. The molecule has 0 bridgehead atoms. The lowest BCUT2D eigenvalue weighted by atomic mass is 10.0. The smallest absolute Gasteiger partial charge is 0.244 e. The molecule has 1 aromatic heterocycles. The second kappa shape index (κ2) is 5.46. The molecule has 0 aliphatic rings. The highest BCUT2D eigenvalue weighted by Gasteiger charge is 2.22. The van der Waals surface area contributed by atoms with Gasteiger partial charge in [0.1, 0.15) is 4.90 Å². The minimum Gasteiger partial charge on any atom is -0.398 e. The van der Waals surface area contributed by atoms with Gasteiger partial charge < -0.3 is 5.73 Å². The van der Waals surface area contributed by atoms with Gasteiger partial charge in [0.25, 0.3) is 0 Å². The third-order valence-electron chi connectivity index (χ3n) is 2.94. The Bertz CT molecular complexity index is 473. The second-order valence-electron chi connectivity index (χ2n) is 4.21. The number of nitrogen functional groups attached to an aromatic ring is 1. The van der Waals surface area contributed by atoms with Crippen molar-refractivity contribution in [3.05, 3.63) is 18.5 Å². The Morgan fingerprint density at radius 2 is 2.12 bits per heavy atom. The zero-order valence-electron chi connectivity index (χ0n) is 10.3. The van der Waals surface area contributed by atoms with E-state index in [2.05, 4.69) is 9.71 Å². The summed E-state index contributed by atoms with van der Waals surface area (Å²) < 4.78 is 26.7. The molecule has 1 aromatic rings. The molecule has 0 amide bonds. The third-order valence-corrected chi connectivity index (χ3v) is 4.55. The molecule has 0 saturated heterocycles. The number of hydrogen-bond donors (Lipinski definition) is 2. The van der Waals surface area contributed by atoms with Crippen molar-refractivity contribution < 1.29 is 8.42 Å². The van der Waals surface area contributed by atoms with Gasteiger partial charge in [-0.25, -0.2) is 13.1 Å². The van der Waals surface area contributed by atoms with Gasteiger partial charge in [-0.1, -0.05) is 20.3 Å². The van der Waals surface area contributed by atoms with E-state index in [1.54, 1.807) is 0 Å². The van der Waals surface area contributed by atoms with Crippen LogP contribution < -0.4 is 10.5 Å². The number of anilines is 1. The molecule has 0 aromatic carbocycles. The summed E-state index contributed by atoms with van der Waals surface area (Å²) in [4.78, 5) is 3.82. The Hall–Kier alpha value is -1.14. The summed E-state index contributed by atoms with van der Waals surface area (Å²) in [5.74, 6) is 0.266. The molecule has 0 aliphatic carbocycles. The summed E-state index contributed by atoms with van der Waals surface area (Å²) in [6, 6.07) is 1.34. The average Bonchev–Trinajstić information content (AvgIpc) is 2.27. The summed E-state index contributed by atoms with van der Waals surface area (Å²) >= 11 is 0. The minimum absolute atomic E-state index is 0.0372. The molecule has 0 aliphatic heterocycles. The summed E-state index contributed by atoms with van der Waals surface area (Å²) in [5.41, 5.74) is 5.84. The fourth-order valence-corrected chi connectivity index (χ4v) is 2.82. The van der Waals surface area contributed by atoms with Gasteiger partial charge in [0, 0.05) is 18.4 Å². The molecule has 3 N–H and O–H groups in total. The molecule has 96 valence electrons. The maximum atomic E-state index is 12.1. The van der Waals surface area contributed by atoms with Crippen molar-refractivity contribution in [1.82, 2.24) is 9.71 Å². The summed E-state index contributed by atoms with van der Waals surface area (Å²) in [6.07, 6.45) is 3.64. The van der Waals surface area contributed by atoms with Crippen LogP contribution >= 0.6 is 0 Å². The maximum Gasteiger partial charge on any atom is 0.244 e. The van der Waals surface area contributed by atoms with E-state index in [1.165, 1.54) is 18.5 Å². The highest BCUT2D eigenvalue weighted by molar-refractivity contribution is 7.89. The molecule has 1 heterocycles. The van der Waals surface area contributed by atoms with E-state index in [4.69, 9.17) is 5.73 Å². The van der Waals surface area contributed by atoms with E-state index in [0.29, 0.717) is 0 Å². The molecular formula is C11H19N3O2S. The van der Waals surface area contributed by atoms with Gasteiger partial charge in [0.05, 0.1) is 5.69 Å². The molecule has 0 spiro atoms. The van der Waals surface area contributed by atoms with Crippen molar-refractivity contribution in [2.24, 2.45) is 5.92 Å². The second-order valence-corrected chi connectivity index (χ2v) is 5.89. The lowest BCUT2D eigenvalue weighted by molar-refractivity contribution is 0.434. The first kappa shape index (κ1) is 13.9. The Labute approximate surface area is 102 Å². The quantitative estimate of drug-likeness (QED) is 0.834. The number of aromatic nitrogens is 1. The Kier molecular flexibility index (Phi) is 4.47. The van der Waals surface area contributed by atoms with Crippen LogP contribution in [0.5, 0.6) is 0 Å². The van der Waals surface area contributed by atoms with E-state index in [1.807, 2.05) is 20.8 Å². The largest absolute Gasteiger partial charge is 0.398 e. The monoisotopic (exact) mass is 257 g/mol. The summed E-state index contributed by atoms with van der Waals surface area (Å²) in [5, 5.41) is 0. The molecule has 6 heteroatoms. The summed E-state index contributed by atoms with van der Waals surface area (Å²) in [6.45, 7) is 5.87. The van der Waals surface area contributed by atoms with Crippen LogP contribution in [0.3, 0.4) is 0 Å². The van der Waals surface area contributed by atoms with Crippen molar-refractivity contribution in [2.45, 2.75) is 38.1 Å². The SMILES string of the molecule is CCC(C)C(C)NS(=O)(=O)c1cnccc1N. The van der Waals surface area contributed by atoms with Gasteiger partial charge in [0.2, 0.25) is 10.0 Å². The van der Waals surface area contributed by atoms with E-state index < -0.39 is 10.0 Å². The number of rotatable bonds is 5. The van der Waals surface area contributed by atoms with Crippen molar-refractivity contribution >= 4 is 15.7 Å². The van der Waals surface area contributed by atoms with Crippen molar-refractivity contribution in [3.63, 3.8) is 0 Å². The van der Waals surface area contributed by atoms with Gasteiger partial charge in [-0.15, -0.1) is 0 Å². The number of sulfonamides is 1. The molecule has 17 heavy (non-hydrogen) atoms. The lowest BCUT2D eigenvalue weighted by Gasteiger charge is -2.20. The van der Waals surface area contributed by atoms with Gasteiger partial charge in [-0.05, 0) is 18.9 Å². The predicted octanol–water partition coefficient (Wildman–Crippen LogP) is 1.38. The molecule has 0 saturated carbocycles. The fraction of sp³-hybridized carbons (Fsp3) is 0.545. The number of hydrogen-bond acceptors (Lipinski definition) is 4. The Morgan fingerprint density at radius 3 is 2.65 bits per heavy atom. The highest BCUT2D eigenvalue weighted by Crippen LogP contribution is 2.17. The topological polar surface area (TPSA) is 85.1 Å². The van der Waals surface area contributed by atoms with Crippen molar-refractivity contribution in [2.75, 3.05) is 5.73 Å². The normalized spacial score (nSPS) is 15.5.